The van der Waals surface area contributed by atoms with Crippen LogP contribution in [-0.4, -0.2) is 17.7 Å². The maximum Gasteiger partial charge on any atom is 0.312 e. The van der Waals surface area contributed by atoms with Crippen molar-refractivity contribution in [2.75, 3.05) is 6.61 Å². The molecule has 0 aliphatic carbocycles. The molecular formula is C18H28O3. The molecule has 1 aromatic rings. The average molecular weight is 292 g/mol. The maximum atomic E-state index is 12.4. The molecule has 0 aromatic heterocycles. The van der Waals surface area contributed by atoms with Gasteiger partial charge in [-0.3, -0.25) is 4.79 Å². The molecule has 0 saturated carbocycles. The SMILES string of the molecule is CCCC(C(=O)OCC)C(O)(CC(C)C)c1ccccc1. The second-order valence-electron chi connectivity index (χ2n) is 5.98. The summed E-state index contributed by atoms with van der Waals surface area (Å²) in [5.74, 6) is -0.539. The summed E-state index contributed by atoms with van der Waals surface area (Å²) in [5, 5.41) is 11.3. The lowest BCUT2D eigenvalue weighted by Crippen LogP contribution is -2.42. The number of ether oxygens (including phenoxy) is 1. The molecule has 0 aliphatic heterocycles. The van der Waals surface area contributed by atoms with E-state index in [-0.39, 0.29) is 11.9 Å². The summed E-state index contributed by atoms with van der Waals surface area (Å²) in [6.45, 7) is 8.27. The van der Waals surface area contributed by atoms with E-state index < -0.39 is 11.5 Å². The van der Waals surface area contributed by atoms with Gasteiger partial charge < -0.3 is 9.84 Å². The van der Waals surface area contributed by atoms with Crippen molar-refractivity contribution < 1.29 is 14.6 Å². The molecule has 0 bridgehead atoms. The monoisotopic (exact) mass is 292 g/mol. The van der Waals surface area contributed by atoms with Gasteiger partial charge in [0.1, 0.15) is 5.60 Å². The third kappa shape index (κ3) is 4.57. The van der Waals surface area contributed by atoms with E-state index in [1.807, 2.05) is 37.3 Å². The topological polar surface area (TPSA) is 46.5 Å². The van der Waals surface area contributed by atoms with Gasteiger partial charge in [0.2, 0.25) is 0 Å². The molecule has 1 aromatic carbocycles. The van der Waals surface area contributed by atoms with Crippen LogP contribution >= 0.6 is 0 Å². The first kappa shape index (κ1) is 17.7. The molecule has 2 unspecified atom stereocenters. The molecule has 0 spiro atoms. The molecule has 0 aliphatic rings. The summed E-state index contributed by atoms with van der Waals surface area (Å²) in [6, 6.07) is 9.50. The summed E-state index contributed by atoms with van der Waals surface area (Å²) in [4.78, 5) is 12.4. The fourth-order valence-electron chi connectivity index (χ4n) is 2.89. The number of hydrogen-bond donors (Lipinski definition) is 1. The Bertz CT molecular complexity index is 427. The Morgan fingerprint density at radius 1 is 1.24 bits per heavy atom. The molecule has 1 N–H and O–H groups in total. The van der Waals surface area contributed by atoms with E-state index in [1.165, 1.54) is 0 Å². The quantitative estimate of drug-likeness (QED) is 0.739. The molecule has 21 heavy (non-hydrogen) atoms. The summed E-state index contributed by atoms with van der Waals surface area (Å²) in [6.07, 6.45) is 1.99. The first-order chi connectivity index (χ1) is 9.95. The molecule has 0 amide bonds. The van der Waals surface area contributed by atoms with Crippen LogP contribution in [-0.2, 0) is 15.1 Å². The lowest BCUT2D eigenvalue weighted by atomic mass is 9.74. The van der Waals surface area contributed by atoms with E-state index in [2.05, 4.69) is 13.8 Å². The Balaban J connectivity index is 3.22. The van der Waals surface area contributed by atoms with Crippen LogP contribution in [0.5, 0.6) is 0 Å². The molecule has 0 radical (unpaired) electrons. The van der Waals surface area contributed by atoms with E-state index >= 15 is 0 Å². The van der Waals surface area contributed by atoms with Gasteiger partial charge in [0.05, 0.1) is 12.5 Å². The summed E-state index contributed by atoms with van der Waals surface area (Å²) >= 11 is 0. The van der Waals surface area contributed by atoms with Crippen LogP contribution in [0.4, 0.5) is 0 Å². The van der Waals surface area contributed by atoms with Crippen molar-refractivity contribution in [3.63, 3.8) is 0 Å². The number of aliphatic hydroxyl groups is 1. The minimum atomic E-state index is -1.17. The van der Waals surface area contributed by atoms with Crippen LogP contribution in [0.25, 0.3) is 0 Å². The van der Waals surface area contributed by atoms with Gasteiger partial charge in [-0.2, -0.15) is 0 Å². The van der Waals surface area contributed by atoms with E-state index in [4.69, 9.17) is 4.74 Å². The van der Waals surface area contributed by atoms with Crippen molar-refractivity contribution in [1.29, 1.82) is 0 Å². The number of esters is 1. The van der Waals surface area contributed by atoms with E-state index in [0.717, 1.165) is 12.0 Å². The lowest BCUT2D eigenvalue weighted by molar-refractivity contribution is -0.161. The minimum absolute atomic E-state index is 0.281. The number of benzene rings is 1. The van der Waals surface area contributed by atoms with Gasteiger partial charge in [0, 0.05) is 0 Å². The van der Waals surface area contributed by atoms with Gasteiger partial charge in [0.15, 0.2) is 0 Å². The molecule has 3 heteroatoms. The van der Waals surface area contributed by atoms with Crippen LogP contribution in [0.1, 0.15) is 52.5 Å². The fourth-order valence-corrected chi connectivity index (χ4v) is 2.89. The molecular weight excluding hydrogens is 264 g/mol. The molecule has 3 nitrogen and oxygen atoms in total. The Morgan fingerprint density at radius 2 is 1.86 bits per heavy atom. The van der Waals surface area contributed by atoms with Gasteiger partial charge in [-0.05, 0) is 31.2 Å². The first-order valence-corrected chi connectivity index (χ1v) is 7.90. The zero-order valence-corrected chi connectivity index (χ0v) is 13.6. The predicted molar refractivity (Wildman–Crippen MR) is 84.8 cm³/mol. The van der Waals surface area contributed by atoms with E-state index in [1.54, 1.807) is 6.92 Å². The van der Waals surface area contributed by atoms with Gasteiger partial charge >= 0.3 is 5.97 Å². The fraction of sp³-hybridized carbons (Fsp3) is 0.611. The third-order valence-corrected chi connectivity index (χ3v) is 3.72. The van der Waals surface area contributed by atoms with Crippen LogP contribution < -0.4 is 0 Å². The molecule has 0 heterocycles. The van der Waals surface area contributed by atoms with Gasteiger partial charge in [-0.15, -0.1) is 0 Å². The molecule has 0 saturated heterocycles. The summed E-state index contributed by atoms with van der Waals surface area (Å²) in [7, 11) is 0. The van der Waals surface area contributed by atoms with Crippen LogP contribution in [0, 0.1) is 11.8 Å². The van der Waals surface area contributed by atoms with Crippen LogP contribution in [0.3, 0.4) is 0 Å². The van der Waals surface area contributed by atoms with Crippen molar-refractivity contribution in [3.05, 3.63) is 35.9 Å². The van der Waals surface area contributed by atoms with E-state index in [0.29, 0.717) is 19.4 Å². The zero-order chi connectivity index (χ0) is 15.9. The standard InChI is InChI=1S/C18H28O3/c1-5-10-16(17(19)21-6-2)18(20,13-14(3)4)15-11-8-7-9-12-15/h7-9,11-12,14,16,20H,5-6,10,13H2,1-4H3. The Kier molecular flexibility index (Phi) is 6.90. The molecule has 0 fully saturated rings. The zero-order valence-electron chi connectivity index (χ0n) is 13.6. The van der Waals surface area contributed by atoms with Gasteiger partial charge in [-0.25, -0.2) is 0 Å². The Labute approximate surface area is 128 Å². The van der Waals surface area contributed by atoms with Crippen LogP contribution in [0.2, 0.25) is 0 Å². The highest BCUT2D eigenvalue weighted by molar-refractivity contribution is 5.74. The maximum absolute atomic E-state index is 12.4. The van der Waals surface area contributed by atoms with Crippen molar-refractivity contribution in [3.8, 4) is 0 Å². The second-order valence-corrected chi connectivity index (χ2v) is 5.98. The second kappa shape index (κ2) is 8.18. The molecule has 118 valence electrons. The highest BCUT2D eigenvalue weighted by Gasteiger charge is 2.43. The Morgan fingerprint density at radius 3 is 2.33 bits per heavy atom. The van der Waals surface area contributed by atoms with Crippen molar-refractivity contribution in [2.24, 2.45) is 11.8 Å². The largest absolute Gasteiger partial charge is 0.466 e. The van der Waals surface area contributed by atoms with Crippen molar-refractivity contribution in [2.45, 2.75) is 52.6 Å². The minimum Gasteiger partial charge on any atom is -0.466 e. The normalized spacial score (nSPS) is 15.5. The molecule has 1 rings (SSSR count). The third-order valence-electron chi connectivity index (χ3n) is 3.72. The predicted octanol–water partition coefficient (Wildman–Crippen LogP) is 3.90. The highest BCUT2D eigenvalue weighted by Crippen LogP contribution is 2.39. The number of carbonyl (C=O) groups excluding carboxylic acids is 1. The van der Waals surface area contributed by atoms with Crippen molar-refractivity contribution in [1.82, 2.24) is 0 Å². The number of rotatable bonds is 8. The van der Waals surface area contributed by atoms with E-state index in [9.17, 15) is 9.90 Å². The Hall–Kier alpha value is -1.35. The lowest BCUT2D eigenvalue weighted by Gasteiger charge is -2.36. The summed E-state index contributed by atoms with van der Waals surface area (Å²) < 4.78 is 5.21. The van der Waals surface area contributed by atoms with Crippen LogP contribution in [0.15, 0.2) is 30.3 Å². The summed E-state index contributed by atoms with van der Waals surface area (Å²) in [5.41, 5.74) is -0.372. The van der Waals surface area contributed by atoms with Crippen molar-refractivity contribution >= 4 is 5.97 Å². The number of carbonyl (C=O) groups is 1. The van der Waals surface area contributed by atoms with Gasteiger partial charge in [0.25, 0.3) is 0 Å². The smallest absolute Gasteiger partial charge is 0.312 e. The van der Waals surface area contributed by atoms with Gasteiger partial charge in [-0.1, -0.05) is 57.5 Å². The number of hydrogen-bond acceptors (Lipinski definition) is 3. The highest BCUT2D eigenvalue weighted by atomic mass is 16.5. The average Bonchev–Trinajstić information content (AvgIpc) is 2.45. The first-order valence-electron chi connectivity index (χ1n) is 7.90. The molecule has 2 atom stereocenters.